The van der Waals surface area contributed by atoms with E-state index < -0.39 is 0 Å². The molecule has 4 nitrogen and oxygen atoms in total. The van der Waals surface area contributed by atoms with Gasteiger partial charge in [0.15, 0.2) is 4.32 Å². The molecule has 2 unspecified atom stereocenters. The standard InChI is InChI=1S/C20H29N3OS2/c1-4-15-5-7-17(8-6-15)14(2)18-19(24)23(20(25)26-18)22-11-9-16(10-12-22)13-21-3/h5-8,14,16,18,21H,4,9-13H2,1-3H3. The third kappa shape index (κ3) is 4.14. The van der Waals surface area contributed by atoms with Gasteiger partial charge in [0.25, 0.3) is 5.91 Å². The van der Waals surface area contributed by atoms with Crippen LogP contribution >= 0.6 is 24.0 Å². The van der Waals surface area contributed by atoms with E-state index in [1.165, 1.54) is 11.1 Å². The molecule has 2 saturated heterocycles. The van der Waals surface area contributed by atoms with E-state index >= 15 is 0 Å². The maximum Gasteiger partial charge on any atom is 0.256 e. The van der Waals surface area contributed by atoms with E-state index in [1.54, 1.807) is 16.8 Å². The largest absolute Gasteiger partial charge is 0.319 e. The van der Waals surface area contributed by atoms with Crippen molar-refractivity contribution in [3.05, 3.63) is 35.4 Å². The minimum Gasteiger partial charge on any atom is -0.319 e. The van der Waals surface area contributed by atoms with Crippen LogP contribution < -0.4 is 5.32 Å². The Labute approximate surface area is 166 Å². The summed E-state index contributed by atoms with van der Waals surface area (Å²) in [6, 6.07) is 8.65. The number of amides is 1. The second-order valence-corrected chi connectivity index (χ2v) is 9.07. The first-order valence-corrected chi connectivity index (χ1v) is 10.9. The topological polar surface area (TPSA) is 35.6 Å². The van der Waals surface area contributed by atoms with Gasteiger partial charge in [-0.1, -0.05) is 62.1 Å². The Hall–Kier alpha value is -0.950. The van der Waals surface area contributed by atoms with Crippen LogP contribution in [0.25, 0.3) is 0 Å². The maximum atomic E-state index is 13.1. The molecule has 0 saturated carbocycles. The fraction of sp³-hybridized carbons (Fsp3) is 0.600. The highest BCUT2D eigenvalue weighted by Gasteiger charge is 2.43. The van der Waals surface area contributed by atoms with Gasteiger partial charge in [0, 0.05) is 19.0 Å². The van der Waals surface area contributed by atoms with Crippen molar-refractivity contribution >= 4 is 34.2 Å². The van der Waals surface area contributed by atoms with Crippen molar-refractivity contribution in [2.24, 2.45) is 5.92 Å². The Morgan fingerprint density at radius 3 is 2.50 bits per heavy atom. The SMILES string of the molecule is CCc1ccc(C(C)C2SC(=S)N(N3CCC(CNC)CC3)C2=O)cc1. The van der Waals surface area contributed by atoms with Crippen molar-refractivity contribution in [2.75, 3.05) is 26.7 Å². The number of thiocarbonyl (C=S) groups is 1. The summed E-state index contributed by atoms with van der Waals surface area (Å²) in [5.74, 6) is 1.00. The number of hydrazine groups is 1. The molecule has 2 aliphatic heterocycles. The van der Waals surface area contributed by atoms with E-state index in [2.05, 4.69) is 48.4 Å². The van der Waals surface area contributed by atoms with Crippen molar-refractivity contribution in [2.45, 2.75) is 44.3 Å². The van der Waals surface area contributed by atoms with Crippen LogP contribution in [0.3, 0.4) is 0 Å². The van der Waals surface area contributed by atoms with Crippen LogP contribution in [0.4, 0.5) is 0 Å². The van der Waals surface area contributed by atoms with E-state index in [9.17, 15) is 4.79 Å². The number of carbonyl (C=O) groups excluding carboxylic acids is 1. The van der Waals surface area contributed by atoms with E-state index in [-0.39, 0.29) is 17.1 Å². The second-order valence-electron chi connectivity index (χ2n) is 7.29. The number of thioether (sulfide) groups is 1. The quantitative estimate of drug-likeness (QED) is 0.752. The maximum absolute atomic E-state index is 13.1. The molecular weight excluding hydrogens is 362 g/mol. The molecule has 0 bridgehead atoms. The summed E-state index contributed by atoms with van der Waals surface area (Å²) in [6.07, 6.45) is 3.25. The van der Waals surface area contributed by atoms with Gasteiger partial charge in [-0.15, -0.1) is 0 Å². The lowest BCUT2D eigenvalue weighted by molar-refractivity contribution is -0.139. The number of hydrogen-bond acceptors (Lipinski definition) is 5. The minimum absolute atomic E-state index is 0.120. The molecular formula is C20H29N3OS2. The monoisotopic (exact) mass is 391 g/mol. The van der Waals surface area contributed by atoms with Gasteiger partial charge in [0.2, 0.25) is 0 Å². The van der Waals surface area contributed by atoms with Crippen LogP contribution in [0.1, 0.15) is 43.7 Å². The summed E-state index contributed by atoms with van der Waals surface area (Å²) in [5, 5.41) is 7.09. The van der Waals surface area contributed by atoms with Gasteiger partial charge < -0.3 is 5.32 Å². The predicted molar refractivity (Wildman–Crippen MR) is 113 cm³/mol. The van der Waals surface area contributed by atoms with Crippen molar-refractivity contribution in [3.8, 4) is 0 Å². The van der Waals surface area contributed by atoms with E-state index in [0.29, 0.717) is 10.2 Å². The van der Waals surface area contributed by atoms with Crippen molar-refractivity contribution in [1.29, 1.82) is 0 Å². The molecule has 1 aromatic rings. The van der Waals surface area contributed by atoms with Gasteiger partial charge in [-0.3, -0.25) is 4.79 Å². The molecule has 0 spiro atoms. The summed E-state index contributed by atoms with van der Waals surface area (Å²) < 4.78 is 0.712. The molecule has 2 heterocycles. The number of nitrogens with zero attached hydrogens (tertiary/aromatic N) is 2. The molecule has 2 atom stereocenters. The number of rotatable bonds is 6. The molecule has 26 heavy (non-hydrogen) atoms. The summed E-state index contributed by atoms with van der Waals surface area (Å²) in [6.45, 7) is 7.16. The summed E-state index contributed by atoms with van der Waals surface area (Å²) in [7, 11) is 2.00. The fourth-order valence-electron chi connectivity index (χ4n) is 3.83. The minimum atomic E-state index is -0.120. The third-order valence-corrected chi connectivity index (χ3v) is 7.29. The Morgan fingerprint density at radius 2 is 1.92 bits per heavy atom. The van der Waals surface area contributed by atoms with Gasteiger partial charge in [0.05, 0.1) is 5.25 Å². The lowest BCUT2D eigenvalue weighted by Gasteiger charge is -2.37. The van der Waals surface area contributed by atoms with Gasteiger partial charge in [-0.25, -0.2) is 10.0 Å². The van der Waals surface area contributed by atoms with E-state index in [4.69, 9.17) is 12.2 Å². The van der Waals surface area contributed by atoms with Crippen molar-refractivity contribution in [1.82, 2.24) is 15.3 Å². The average Bonchev–Trinajstić information content (AvgIpc) is 2.96. The number of aryl methyl sites for hydroxylation is 1. The zero-order valence-electron chi connectivity index (χ0n) is 15.9. The number of carbonyl (C=O) groups is 1. The molecule has 1 aromatic carbocycles. The average molecular weight is 392 g/mol. The summed E-state index contributed by atoms with van der Waals surface area (Å²) >= 11 is 7.13. The van der Waals surface area contributed by atoms with Gasteiger partial charge >= 0.3 is 0 Å². The number of benzene rings is 1. The van der Waals surface area contributed by atoms with Crippen LogP contribution in [0, 0.1) is 5.92 Å². The van der Waals surface area contributed by atoms with E-state index in [0.717, 1.165) is 38.9 Å². The highest BCUT2D eigenvalue weighted by Crippen LogP contribution is 2.38. The Kier molecular flexibility index (Phi) is 6.72. The molecule has 2 fully saturated rings. The highest BCUT2D eigenvalue weighted by atomic mass is 32.2. The van der Waals surface area contributed by atoms with Crippen LogP contribution in [0.2, 0.25) is 0 Å². The normalized spacial score (nSPS) is 23.7. The van der Waals surface area contributed by atoms with Crippen LogP contribution in [-0.2, 0) is 11.2 Å². The first-order valence-electron chi connectivity index (χ1n) is 9.58. The first kappa shape index (κ1) is 19.8. The van der Waals surface area contributed by atoms with Crippen LogP contribution in [0.15, 0.2) is 24.3 Å². The van der Waals surface area contributed by atoms with Gasteiger partial charge in [0.1, 0.15) is 0 Å². The van der Waals surface area contributed by atoms with Crippen molar-refractivity contribution in [3.63, 3.8) is 0 Å². The number of hydrogen-bond donors (Lipinski definition) is 1. The smallest absolute Gasteiger partial charge is 0.256 e. The Balaban J connectivity index is 1.66. The molecule has 6 heteroatoms. The van der Waals surface area contributed by atoms with Crippen LogP contribution in [0.5, 0.6) is 0 Å². The molecule has 1 amide bonds. The summed E-state index contributed by atoms with van der Waals surface area (Å²) in [5.41, 5.74) is 2.54. The van der Waals surface area contributed by atoms with Crippen LogP contribution in [-0.4, -0.2) is 52.2 Å². The zero-order chi connectivity index (χ0) is 18.7. The molecule has 2 aliphatic rings. The Morgan fingerprint density at radius 1 is 1.27 bits per heavy atom. The lowest BCUT2D eigenvalue weighted by Crippen LogP contribution is -2.51. The zero-order valence-corrected chi connectivity index (χ0v) is 17.5. The number of nitrogens with one attached hydrogen (secondary N) is 1. The molecule has 0 aliphatic carbocycles. The van der Waals surface area contributed by atoms with Gasteiger partial charge in [-0.05, 0) is 49.9 Å². The molecule has 142 valence electrons. The Bertz CT molecular complexity index is 641. The molecule has 0 aromatic heterocycles. The lowest BCUT2D eigenvalue weighted by atomic mass is 9.95. The second kappa shape index (κ2) is 8.83. The summed E-state index contributed by atoms with van der Waals surface area (Å²) in [4.78, 5) is 13.1. The predicted octanol–water partition coefficient (Wildman–Crippen LogP) is 3.43. The van der Waals surface area contributed by atoms with Gasteiger partial charge in [-0.2, -0.15) is 0 Å². The highest BCUT2D eigenvalue weighted by molar-refractivity contribution is 8.24. The third-order valence-electron chi connectivity index (χ3n) is 5.59. The first-order chi connectivity index (χ1) is 12.5. The van der Waals surface area contributed by atoms with Crippen molar-refractivity contribution < 1.29 is 4.79 Å². The molecule has 3 rings (SSSR count). The number of piperidine rings is 1. The van der Waals surface area contributed by atoms with E-state index in [1.807, 2.05) is 7.05 Å². The fourth-order valence-corrected chi connectivity index (χ4v) is 5.43. The molecule has 0 radical (unpaired) electrons. The molecule has 1 N–H and O–H groups in total.